The van der Waals surface area contributed by atoms with Gasteiger partial charge in [0.15, 0.2) is 0 Å². The third-order valence-electron chi connectivity index (χ3n) is 6.04. The minimum Gasteiger partial charge on any atom is -0.496 e. The molecule has 0 unspecified atom stereocenters. The average molecular weight is 353 g/mol. The summed E-state index contributed by atoms with van der Waals surface area (Å²) in [6.45, 7) is 7.01. The van der Waals surface area contributed by atoms with Crippen molar-refractivity contribution in [3.05, 3.63) is 51.4 Å². The average Bonchev–Trinajstić information content (AvgIpc) is 3.26. The number of benzene rings is 1. The van der Waals surface area contributed by atoms with E-state index in [9.17, 15) is 4.79 Å². The van der Waals surface area contributed by atoms with Crippen LogP contribution in [0.3, 0.4) is 0 Å². The van der Waals surface area contributed by atoms with E-state index in [1.807, 2.05) is 27.0 Å². The molecule has 2 aliphatic rings. The summed E-state index contributed by atoms with van der Waals surface area (Å²) in [4.78, 5) is 14.7. The van der Waals surface area contributed by atoms with Crippen LogP contribution in [0.1, 0.15) is 23.2 Å². The van der Waals surface area contributed by atoms with Crippen molar-refractivity contribution in [2.75, 3.05) is 20.2 Å². The first-order valence-corrected chi connectivity index (χ1v) is 9.30. The quantitative estimate of drug-likeness (QED) is 0.916. The first kappa shape index (κ1) is 17.3. The third-order valence-corrected chi connectivity index (χ3v) is 6.04. The van der Waals surface area contributed by atoms with E-state index in [4.69, 9.17) is 4.74 Å². The molecule has 2 aromatic rings. The molecule has 2 atom stereocenters. The number of nitrogens with zero attached hydrogens (tertiary/aromatic N) is 2. The van der Waals surface area contributed by atoms with Gasteiger partial charge < -0.3 is 14.6 Å². The maximum absolute atomic E-state index is 12.1. The van der Waals surface area contributed by atoms with E-state index < -0.39 is 0 Å². The zero-order chi connectivity index (χ0) is 18.4. The topological polar surface area (TPSA) is 46.5 Å². The van der Waals surface area contributed by atoms with Crippen LogP contribution in [0.4, 0.5) is 0 Å². The highest BCUT2D eigenvalue weighted by Crippen LogP contribution is 2.32. The molecule has 3 heterocycles. The summed E-state index contributed by atoms with van der Waals surface area (Å²) in [5.41, 5.74) is 5.19. The van der Waals surface area contributed by atoms with Crippen LogP contribution in [-0.2, 0) is 13.6 Å². The second kappa shape index (κ2) is 6.56. The largest absolute Gasteiger partial charge is 0.496 e. The summed E-state index contributed by atoms with van der Waals surface area (Å²) in [7, 11) is 3.56. The normalized spacial score (nSPS) is 22.2. The van der Waals surface area contributed by atoms with Crippen molar-refractivity contribution in [1.82, 2.24) is 14.8 Å². The number of fused-ring (bicyclic) bond motifs is 2. The molecular formula is C21H27N3O2. The fourth-order valence-corrected chi connectivity index (χ4v) is 4.37. The molecule has 2 saturated heterocycles. The number of aryl methyl sites for hydroxylation is 1. The SMILES string of the molecule is COc1cc(-c2cc(C)c(=O)n(C)c2C)ccc1CN1C[C@@H]2C[C@H]1CN2. The van der Waals surface area contributed by atoms with Crippen molar-refractivity contribution in [3.63, 3.8) is 0 Å². The lowest BCUT2D eigenvalue weighted by atomic mass is 10.00. The number of hydrogen-bond donors (Lipinski definition) is 1. The Balaban J connectivity index is 1.67. The minimum atomic E-state index is 0.0625. The van der Waals surface area contributed by atoms with Gasteiger partial charge in [0.1, 0.15) is 5.75 Å². The highest BCUT2D eigenvalue weighted by molar-refractivity contribution is 5.69. The Kier molecular flexibility index (Phi) is 4.37. The summed E-state index contributed by atoms with van der Waals surface area (Å²) in [6.07, 6.45) is 1.26. The number of methoxy groups -OCH3 is 1. The van der Waals surface area contributed by atoms with Crippen molar-refractivity contribution in [2.24, 2.45) is 7.05 Å². The van der Waals surface area contributed by atoms with Crippen LogP contribution in [-0.4, -0.2) is 41.8 Å². The zero-order valence-electron chi connectivity index (χ0n) is 16.0. The summed E-state index contributed by atoms with van der Waals surface area (Å²) in [6, 6.07) is 9.72. The van der Waals surface area contributed by atoms with E-state index in [1.165, 1.54) is 12.0 Å². The van der Waals surface area contributed by atoms with Gasteiger partial charge in [-0.15, -0.1) is 0 Å². The van der Waals surface area contributed by atoms with Gasteiger partial charge in [-0.2, -0.15) is 0 Å². The molecule has 2 fully saturated rings. The molecule has 1 N–H and O–H groups in total. The molecule has 1 aromatic carbocycles. The fraction of sp³-hybridized carbons (Fsp3) is 0.476. The van der Waals surface area contributed by atoms with Gasteiger partial charge in [-0.25, -0.2) is 0 Å². The van der Waals surface area contributed by atoms with Gasteiger partial charge in [0.05, 0.1) is 7.11 Å². The van der Waals surface area contributed by atoms with Crippen LogP contribution >= 0.6 is 0 Å². The second-order valence-electron chi connectivity index (χ2n) is 7.64. The van der Waals surface area contributed by atoms with Gasteiger partial charge in [0.25, 0.3) is 5.56 Å². The lowest BCUT2D eigenvalue weighted by molar-refractivity contribution is 0.215. The van der Waals surface area contributed by atoms with Gasteiger partial charge in [-0.05, 0) is 38.0 Å². The Bertz CT molecular complexity index is 903. The number of piperazine rings is 1. The lowest BCUT2D eigenvalue weighted by Gasteiger charge is -2.28. The molecule has 2 bridgehead atoms. The molecule has 0 aliphatic carbocycles. The predicted octanol–water partition coefficient (Wildman–Crippen LogP) is 2.22. The van der Waals surface area contributed by atoms with E-state index in [1.54, 1.807) is 11.7 Å². The van der Waals surface area contributed by atoms with E-state index >= 15 is 0 Å². The molecule has 138 valence electrons. The van der Waals surface area contributed by atoms with Gasteiger partial charge in [0, 0.05) is 61.1 Å². The van der Waals surface area contributed by atoms with Crippen LogP contribution in [0.25, 0.3) is 11.1 Å². The maximum Gasteiger partial charge on any atom is 0.253 e. The maximum atomic E-state index is 12.1. The van der Waals surface area contributed by atoms with Crippen LogP contribution in [0.2, 0.25) is 0 Å². The van der Waals surface area contributed by atoms with E-state index in [2.05, 4.69) is 28.4 Å². The molecule has 26 heavy (non-hydrogen) atoms. The number of hydrogen-bond acceptors (Lipinski definition) is 4. The first-order valence-electron chi connectivity index (χ1n) is 9.30. The Morgan fingerprint density at radius 2 is 2.08 bits per heavy atom. The fourth-order valence-electron chi connectivity index (χ4n) is 4.37. The van der Waals surface area contributed by atoms with Gasteiger partial charge in [0.2, 0.25) is 0 Å². The number of likely N-dealkylation sites (tertiary alicyclic amines) is 1. The molecule has 0 saturated carbocycles. The smallest absolute Gasteiger partial charge is 0.253 e. The van der Waals surface area contributed by atoms with Crippen molar-refractivity contribution in [2.45, 2.75) is 38.9 Å². The Hall–Kier alpha value is -2.11. The highest BCUT2D eigenvalue weighted by Gasteiger charge is 2.37. The van der Waals surface area contributed by atoms with Crippen molar-refractivity contribution in [1.29, 1.82) is 0 Å². The molecule has 0 amide bonds. The van der Waals surface area contributed by atoms with Crippen LogP contribution in [0, 0.1) is 13.8 Å². The lowest BCUT2D eigenvalue weighted by Crippen LogP contribution is -2.43. The third kappa shape index (κ3) is 2.85. The van der Waals surface area contributed by atoms with Crippen molar-refractivity contribution < 1.29 is 4.74 Å². The Morgan fingerprint density at radius 1 is 1.27 bits per heavy atom. The van der Waals surface area contributed by atoms with Crippen molar-refractivity contribution >= 4 is 0 Å². The number of pyridine rings is 1. The molecule has 2 aliphatic heterocycles. The Morgan fingerprint density at radius 3 is 2.73 bits per heavy atom. The molecule has 0 spiro atoms. The van der Waals surface area contributed by atoms with E-state index in [0.29, 0.717) is 12.1 Å². The van der Waals surface area contributed by atoms with Gasteiger partial charge in [-0.1, -0.05) is 12.1 Å². The molecule has 1 aromatic heterocycles. The Labute approximate surface area is 154 Å². The van der Waals surface area contributed by atoms with Gasteiger partial charge >= 0.3 is 0 Å². The monoisotopic (exact) mass is 353 g/mol. The standard InChI is InChI=1S/C21H27N3O2/c1-13-7-19(14(2)23(3)21(13)25)15-5-6-16(20(8-15)26-4)11-24-12-17-9-18(24)10-22-17/h5-8,17-18,22H,9-12H2,1-4H3/t17-,18-/m0/s1. The molecule has 5 heteroatoms. The number of nitrogens with one attached hydrogen (secondary N) is 1. The van der Waals surface area contributed by atoms with E-state index in [0.717, 1.165) is 47.8 Å². The number of aromatic nitrogens is 1. The predicted molar refractivity (Wildman–Crippen MR) is 104 cm³/mol. The van der Waals surface area contributed by atoms with E-state index in [-0.39, 0.29) is 5.56 Å². The van der Waals surface area contributed by atoms with Crippen LogP contribution < -0.4 is 15.6 Å². The molecular weight excluding hydrogens is 326 g/mol. The summed E-state index contributed by atoms with van der Waals surface area (Å²) in [5.74, 6) is 0.920. The molecule has 4 rings (SSSR count). The summed E-state index contributed by atoms with van der Waals surface area (Å²) < 4.78 is 7.43. The summed E-state index contributed by atoms with van der Waals surface area (Å²) >= 11 is 0. The molecule has 5 nitrogen and oxygen atoms in total. The minimum absolute atomic E-state index is 0.0625. The first-order chi connectivity index (χ1) is 12.5. The van der Waals surface area contributed by atoms with Crippen molar-refractivity contribution in [3.8, 4) is 16.9 Å². The number of ether oxygens (including phenoxy) is 1. The van der Waals surface area contributed by atoms with Crippen LogP contribution in [0.15, 0.2) is 29.1 Å². The van der Waals surface area contributed by atoms with Gasteiger partial charge in [-0.3, -0.25) is 9.69 Å². The highest BCUT2D eigenvalue weighted by atomic mass is 16.5. The number of rotatable bonds is 4. The second-order valence-corrected chi connectivity index (χ2v) is 7.64. The van der Waals surface area contributed by atoms with Crippen LogP contribution in [0.5, 0.6) is 5.75 Å². The molecule has 0 radical (unpaired) electrons. The zero-order valence-corrected chi connectivity index (χ0v) is 16.0. The summed E-state index contributed by atoms with van der Waals surface area (Å²) in [5, 5.41) is 3.55.